The largest absolute Gasteiger partial charge is 0.387 e. The first-order chi connectivity index (χ1) is 8.82. The smallest absolute Gasteiger partial charge is 0.269 e. The summed E-state index contributed by atoms with van der Waals surface area (Å²) >= 11 is 0. The van der Waals surface area contributed by atoms with E-state index in [2.05, 4.69) is 32.6 Å². The topological polar surface area (TPSA) is 66.6 Å². The predicted molar refractivity (Wildman–Crippen MR) is 75.0 cm³/mol. The van der Waals surface area contributed by atoms with Gasteiger partial charge in [0.25, 0.3) is 5.69 Å². The third kappa shape index (κ3) is 4.29. The highest BCUT2D eigenvalue weighted by molar-refractivity contribution is 5.35. The number of nitrogens with zero attached hydrogens (tertiary/aromatic N) is 2. The van der Waals surface area contributed by atoms with Gasteiger partial charge in [-0.3, -0.25) is 15.0 Å². The molecule has 19 heavy (non-hydrogen) atoms. The summed E-state index contributed by atoms with van der Waals surface area (Å²) in [5, 5.41) is 21.0. The van der Waals surface area contributed by atoms with Crippen LogP contribution in [0.5, 0.6) is 0 Å². The van der Waals surface area contributed by atoms with Crippen molar-refractivity contribution in [3.8, 4) is 0 Å². The van der Waals surface area contributed by atoms with Crippen molar-refractivity contribution in [2.75, 3.05) is 6.54 Å². The van der Waals surface area contributed by atoms with Crippen molar-refractivity contribution in [3.63, 3.8) is 0 Å². The Morgan fingerprint density at radius 3 is 2.32 bits per heavy atom. The van der Waals surface area contributed by atoms with E-state index in [1.54, 1.807) is 12.1 Å². The van der Waals surface area contributed by atoms with Crippen molar-refractivity contribution in [2.45, 2.75) is 45.9 Å². The van der Waals surface area contributed by atoms with Crippen LogP contribution in [-0.4, -0.2) is 33.6 Å². The molecule has 0 aliphatic carbocycles. The average molecular weight is 266 g/mol. The molecule has 1 aromatic rings. The number of nitro groups is 1. The molecule has 1 aromatic carbocycles. The molecule has 0 unspecified atom stereocenters. The van der Waals surface area contributed by atoms with Crippen molar-refractivity contribution in [3.05, 3.63) is 39.9 Å². The molecular formula is C14H22N2O3. The van der Waals surface area contributed by atoms with Gasteiger partial charge in [-0.25, -0.2) is 0 Å². The van der Waals surface area contributed by atoms with E-state index in [1.165, 1.54) is 12.1 Å². The van der Waals surface area contributed by atoms with E-state index in [1.807, 2.05) is 0 Å². The molecule has 0 aliphatic rings. The molecule has 5 heteroatoms. The molecule has 1 N–H and O–H groups in total. The van der Waals surface area contributed by atoms with Crippen LogP contribution in [0.1, 0.15) is 39.4 Å². The summed E-state index contributed by atoms with van der Waals surface area (Å²) in [6.07, 6.45) is -0.718. The van der Waals surface area contributed by atoms with Gasteiger partial charge in [0.05, 0.1) is 11.0 Å². The van der Waals surface area contributed by atoms with E-state index in [0.717, 1.165) is 0 Å². The van der Waals surface area contributed by atoms with E-state index < -0.39 is 11.0 Å². The zero-order valence-corrected chi connectivity index (χ0v) is 11.9. The highest BCUT2D eigenvalue weighted by atomic mass is 16.6. The van der Waals surface area contributed by atoms with Gasteiger partial charge in [-0.2, -0.15) is 0 Å². The van der Waals surface area contributed by atoms with E-state index in [4.69, 9.17) is 0 Å². The average Bonchev–Trinajstić information content (AvgIpc) is 2.34. The van der Waals surface area contributed by atoms with Gasteiger partial charge in [0.15, 0.2) is 0 Å². The molecule has 0 bridgehead atoms. The molecule has 0 heterocycles. The Morgan fingerprint density at radius 2 is 1.84 bits per heavy atom. The van der Waals surface area contributed by atoms with Gasteiger partial charge in [0.1, 0.15) is 0 Å². The maximum Gasteiger partial charge on any atom is 0.269 e. The number of hydrogen-bond acceptors (Lipinski definition) is 4. The van der Waals surface area contributed by atoms with E-state index in [0.29, 0.717) is 24.2 Å². The number of rotatable bonds is 6. The first-order valence-corrected chi connectivity index (χ1v) is 6.51. The lowest BCUT2D eigenvalue weighted by Gasteiger charge is -2.32. The van der Waals surface area contributed by atoms with E-state index >= 15 is 0 Å². The van der Waals surface area contributed by atoms with Gasteiger partial charge < -0.3 is 5.11 Å². The summed E-state index contributed by atoms with van der Waals surface area (Å²) < 4.78 is 0. The normalized spacial score (nSPS) is 13.3. The Kier molecular flexibility index (Phi) is 5.44. The van der Waals surface area contributed by atoms with Gasteiger partial charge in [0.2, 0.25) is 0 Å². The van der Waals surface area contributed by atoms with E-state index in [9.17, 15) is 15.2 Å². The maximum absolute atomic E-state index is 10.7. The van der Waals surface area contributed by atoms with Crippen LogP contribution in [0.4, 0.5) is 5.69 Å². The lowest BCUT2D eigenvalue weighted by atomic mass is 10.1. The van der Waals surface area contributed by atoms with Crippen molar-refractivity contribution in [1.29, 1.82) is 0 Å². The SMILES string of the molecule is CC(C)N(C[C@@H](O)c1cccc([N+](=O)[O-])c1)C(C)C. The third-order valence-corrected chi connectivity index (χ3v) is 3.18. The van der Waals surface area contributed by atoms with E-state index in [-0.39, 0.29) is 5.69 Å². The number of aliphatic hydroxyl groups is 1. The van der Waals surface area contributed by atoms with Gasteiger partial charge in [-0.15, -0.1) is 0 Å². The standard InChI is InChI=1S/C14H22N2O3/c1-10(2)15(11(3)4)9-14(17)12-6-5-7-13(8-12)16(18)19/h5-8,10-11,14,17H,9H2,1-4H3/t14-/m1/s1. The molecule has 0 saturated heterocycles. The Labute approximate surface area is 114 Å². The van der Waals surface area contributed by atoms with Crippen LogP contribution < -0.4 is 0 Å². The zero-order valence-electron chi connectivity index (χ0n) is 11.9. The van der Waals surface area contributed by atoms with Gasteiger partial charge in [0, 0.05) is 30.8 Å². The Morgan fingerprint density at radius 1 is 1.26 bits per heavy atom. The molecule has 0 saturated carbocycles. The molecule has 106 valence electrons. The molecule has 0 spiro atoms. The first kappa shape index (κ1) is 15.6. The van der Waals surface area contributed by atoms with Crippen molar-refractivity contribution in [2.24, 2.45) is 0 Å². The zero-order chi connectivity index (χ0) is 14.6. The highest BCUT2D eigenvalue weighted by Crippen LogP contribution is 2.21. The molecule has 0 aliphatic heterocycles. The summed E-state index contributed by atoms with van der Waals surface area (Å²) in [5.41, 5.74) is 0.595. The van der Waals surface area contributed by atoms with Gasteiger partial charge in [-0.1, -0.05) is 12.1 Å². The van der Waals surface area contributed by atoms with Crippen molar-refractivity contribution in [1.82, 2.24) is 4.90 Å². The second-order valence-corrected chi connectivity index (χ2v) is 5.25. The highest BCUT2D eigenvalue weighted by Gasteiger charge is 2.19. The molecule has 1 atom stereocenters. The summed E-state index contributed by atoms with van der Waals surface area (Å²) in [6.45, 7) is 8.75. The number of aliphatic hydroxyl groups excluding tert-OH is 1. The predicted octanol–water partition coefficient (Wildman–Crippen LogP) is 2.75. The molecule has 1 rings (SSSR count). The number of non-ortho nitro benzene ring substituents is 1. The number of nitro benzene ring substituents is 1. The van der Waals surface area contributed by atoms with Crippen LogP contribution >= 0.6 is 0 Å². The summed E-state index contributed by atoms with van der Waals surface area (Å²) in [7, 11) is 0. The Bertz CT molecular complexity index is 424. The van der Waals surface area contributed by atoms with Gasteiger partial charge >= 0.3 is 0 Å². The van der Waals surface area contributed by atoms with Crippen LogP contribution in [0, 0.1) is 10.1 Å². The van der Waals surface area contributed by atoms with Crippen LogP contribution in [0.15, 0.2) is 24.3 Å². The minimum absolute atomic E-state index is 0.0113. The Hall–Kier alpha value is -1.46. The van der Waals surface area contributed by atoms with Crippen molar-refractivity contribution >= 4 is 5.69 Å². The lowest BCUT2D eigenvalue weighted by Crippen LogP contribution is -2.39. The van der Waals surface area contributed by atoms with Crippen LogP contribution in [-0.2, 0) is 0 Å². The minimum Gasteiger partial charge on any atom is -0.387 e. The molecule has 0 aromatic heterocycles. The van der Waals surface area contributed by atoms with Crippen LogP contribution in [0.2, 0.25) is 0 Å². The number of benzene rings is 1. The third-order valence-electron chi connectivity index (χ3n) is 3.18. The Balaban J connectivity index is 2.85. The molecule has 5 nitrogen and oxygen atoms in total. The number of hydrogen-bond donors (Lipinski definition) is 1. The van der Waals surface area contributed by atoms with Crippen molar-refractivity contribution < 1.29 is 10.0 Å². The molecule has 0 radical (unpaired) electrons. The van der Waals surface area contributed by atoms with Crippen LogP contribution in [0.25, 0.3) is 0 Å². The quantitative estimate of drug-likeness (QED) is 0.635. The van der Waals surface area contributed by atoms with Gasteiger partial charge in [-0.05, 0) is 33.3 Å². The molecule has 0 fully saturated rings. The monoisotopic (exact) mass is 266 g/mol. The summed E-state index contributed by atoms with van der Waals surface area (Å²) in [6, 6.07) is 6.81. The fraction of sp³-hybridized carbons (Fsp3) is 0.571. The second kappa shape index (κ2) is 6.63. The maximum atomic E-state index is 10.7. The van der Waals surface area contributed by atoms with Crippen LogP contribution in [0.3, 0.4) is 0 Å². The molecule has 0 amide bonds. The lowest BCUT2D eigenvalue weighted by molar-refractivity contribution is -0.385. The molecular weight excluding hydrogens is 244 g/mol. The fourth-order valence-electron chi connectivity index (χ4n) is 2.17. The summed E-state index contributed by atoms with van der Waals surface area (Å²) in [4.78, 5) is 12.4. The minimum atomic E-state index is -0.718. The summed E-state index contributed by atoms with van der Waals surface area (Å²) in [5.74, 6) is 0. The fourth-order valence-corrected chi connectivity index (χ4v) is 2.17. The first-order valence-electron chi connectivity index (χ1n) is 6.51. The second-order valence-electron chi connectivity index (χ2n) is 5.25.